The first-order valence-corrected chi connectivity index (χ1v) is 8.74. The number of hydrogen-bond donors (Lipinski definition) is 1. The van der Waals surface area contributed by atoms with Crippen LogP contribution in [-0.2, 0) is 11.3 Å². The smallest absolute Gasteiger partial charge is 0.407 e. The lowest BCUT2D eigenvalue weighted by Crippen LogP contribution is -2.32. The van der Waals surface area contributed by atoms with Crippen LogP contribution in [0.2, 0.25) is 0 Å². The zero-order chi connectivity index (χ0) is 19.3. The molecule has 0 saturated heterocycles. The SMILES string of the molecule is CC(C)(C)OC(=O)NCc1ccc(-c2cccc(Br)c2OC(F)F)cc1. The zero-order valence-corrected chi connectivity index (χ0v) is 16.3. The van der Waals surface area contributed by atoms with Gasteiger partial charge in [0.15, 0.2) is 0 Å². The highest BCUT2D eigenvalue weighted by Crippen LogP contribution is 2.37. The van der Waals surface area contributed by atoms with Gasteiger partial charge in [0.2, 0.25) is 0 Å². The van der Waals surface area contributed by atoms with E-state index in [0.717, 1.165) is 11.1 Å². The van der Waals surface area contributed by atoms with Crippen LogP contribution < -0.4 is 10.1 Å². The highest BCUT2D eigenvalue weighted by Gasteiger charge is 2.16. The minimum Gasteiger partial charge on any atom is -0.444 e. The van der Waals surface area contributed by atoms with Crippen molar-refractivity contribution in [3.63, 3.8) is 0 Å². The molecule has 0 atom stereocenters. The average molecular weight is 428 g/mol. The topological polar surface area (TPSA) is 47.6 Å². The molecule has 2 aromatic carbocycles. The molecular formula is C19H20BrF2NO3. The quantitative estimate of drug-likeness (QED) is 0.661. The maximum Gasteiger partial charge on any atom is 0.407 e. The summed E-state index contributed by atoms with van der Waals surface area (Å²) in [5.41, 5.74) is 1.57. The summed E-state index contributed by atoms with van der Waals surface area (Å²) in [4.78, 5) is 11.7. The van der Waals surface area contributed by atoms with Crippen molar-refractivity contribution in [3.8, 4) is 16.9 Å². The molecular weight excluding hydrogens is 408 g/mol. The highest BCUT2D eigenvalue weighted by molar-refractivity contribution is 9.10. The van der Waals surface area contributed by atoms with Gasteiger partial charge < -0.3 is 14.8 Å². The normalized spacial score (nSPS) is 11.3. The van der Waals surface area contributed by atoms with Crippen molar-refractivity contribution in [2.24, 2.45) is 0 Å². The molecule has 0 fully saturated rings. The lowest BCUT2D eigenvalue weighted by Gasteiger charge is -2.19. The van der Waals surface area contributed by atoms with Crippen LogP contribution in [0.1, 0.15) is 26.3 Å². The molecule has 1 amide bonds. The Morgan fingerprint density at radius 2 is 1.81 bits per heavy atom. The van der Waals surface area contributed by atoms with Crippen molar-refractivity contribution < 1.29 is 23.0 Å². The van der Waals surface area contributed by atoms with E-state index < -0.39 is 18.3 Å². The molecule has 0 saturated carbocycles. The third-order valence-corrected chi connectivity index (χ3v) is 3.90. The van der Waals surface area contributed by atoms with Gasteiger partial charge in [-0.15, -0.1) is 0 Å². The summed E-state index contributed by atoms with van der Waals surface area (Å²) in [6, 6.07) is 12.3. The van der Waals surface area contributed by atoms with Crippen LogP contribution in [0.5, 0.6) is 5.75 Å². The number of ether oxygens (including phenoxy) is 2. The van der Waals surface area contributed by atoms with Gasteiger partial charge in [0.25, 0.3) is 0 Å². The second kappa shape index (κ2) is 8.49. The molecule has 1 N–H and O–H groups in total. The number of halogens is 3. The second-order valence-electron chi connectivity index (χ2n) is 6.55. The maximum absolute atomic E-state index is 12.7. The third kappa shape index (κ3) is 5.98. The Balaban J connectivity index is 2.11. The Morgan fingerprint density at radius 1 is 1.15 bits per heavy atom. The summed E-state index contributed by atoms with van der Waals surface area (Å²) in [5, 5.41) is 2.67. The van der Waals surface area contributed by atoms with Crippen molar-refractivity contribution >= 4 is 22.0 Å². The predicted octanol–water partition coefficient (Wildman–Crippen LogP) is 5.74. The van der Waals surface area contributed by atoms with Crippen LogP contribution in [0.15, 0.2) is 46.9 Å². The number of alkyl carbamates (subject to hydrolysis) is 1. The fourth-order valence-corrected chi connectivity index (χ4v) is 2.70. The molecule has 0 aromatic heterocycles. The van der Waals surface area contributed by atoms with Crippen molar-refractivity contribution in [1.29, 1.82) is 0 Å². The summed E-state index contributed by atoms with van der Waals surface area (Å²) < 4.78 is 35.6. The van der Waals surface area contributed by atoms with E-state index in [9.17, 15) is 13.6 Å². The molecule has 0 aliphatic rings. The van der Waals surface area contributed by atoms with Gasteiger partial charge in [-0.3, -0.25) is 0 Å². The number of para-hydroxylation sites is 1. The molecule has 0 spiro atoms. The van der Waals surface area contributed by atoms with Crippen LogP contribution in [0.4, 0.5) is 13.6 Å². The van der Waals surface area contributed by atoms with Crippen LogP contribution in [0.25, 0.3) is 11.1 Å². The molecule has 0 aliphatic carbocycles. The number of carbonyl (C=O) groups is 1. The van der Waals surface area contributed by atoms with E-state index >= 15 is 0 Å². The fraction of sp³-hybridized carbons (Fsp3) is 0.316. The van der Waals surface area contributed by atoms with Gasteiger partial charge in [-0.2, -0.15) is 8.78 Å². The fourth-order valence-electron chi connectivity index (χ4n) is 2.24. The van der Waals surface area contributed by atoms with Crippen LogP contribution in [0.3, 0.4) is 0 Å². The van der Waals surface area contributed by atoms with Gasteiger partial charge in [0, 0.05) is 12.1 Å². The van der Waals surface area contributed by atoms with Gasteiger partial charge in [0.05, 0.1) is 4.47 Å². The van der Waals surface area contributed by atoms with Gasteiger partial charge in [-0.25, -0.2) is 4.79 Å². The number of amides is 1. The zero-order valence-electron chi connectivity index (χ0n) is 14.7. The maximum atomic E-state index is 12.7. The molecule has 0 heterocycles. The van der Waals surface area contributed by atoms with Gasteiger partial charge in [0.1, 0.15) is 11.4 Å². The molecule has 2 aromatic rings. The minimum atomic E-state index is -2.91. The summed E-state index contributed by atoms with van der Waals surface area (Å²) in [6.07, 6.45) is -0.499. The Labute approximate surface area is 159 Å². The molecule has 26 heavy (non-hydrogen) atoms. The van der Waals surface area contributed by atoms with E-state index in [1.54, 1.807) is 63.2 Å². The van der Waals surface area contributed by atoms with E-state index in [1.165, 1.54) is 0 Å². The van der Waals surface area contributed by atoms with Gasteiger partial charge >= 0.3 is 12.7 Å². The molecule has 0 bridgehead atoms. The number of rotatable bonds is 5. The molecule has 4 nitrogen and oxygen atoms in total. The Bertz CT molecular complexity index is 758. The standard InChI is InChI=1S/C19H20BrF2NO3/c1-19(2,3)26-18(24)23-11-12-7-9-13(10-8-12)14-5-4-6-15(20)16(14)25-17(21)22/h4-10,17H,11H2,1-3H3,(H,23,24). The summed E-state index contributed by atoms with van der Waals surface area (Å²) in [6.45, 7) is 2.76. The first kappa shape index (κ1) is 20.2. The van der Waals surface area contributed by atoms with E-state index in [0.29, 0.717) is 16.6 Å². The van der Waals surface area contributed by atoms with Crippen LogP contribution in [-0.4, -0.2) is 18.3 Å². The number of nitrogens with one attached hydrogen (secondary N) is 1. The number of alkyl halides is 2. The number of benzene rings is 2. The Kier molecular flexibility index (Phi) is 6.58. The lowest BCUT2D eigenvalue weighted by molar-refractivity contribution is -0.0499. The highest BCUT2D eigenvalue weighted by atomic mass is 79.9. The molecule has 140 valence electrons. The first-order chi connectivity index (χ1) is 12.2. The second-order valence-corrected chi connectivity index (χ2v) is 7.40. The first-order valence-electron chi connectivity index (χ1n) is 7.95. The van der Waals surface area contributed by atoms with Crippen molar-refractivity contribution in [1.82, 2.24) is 5.32 Å². The lowest BCUT2D eigenvalue weighted by atomic mass is 10.0. The van der Waals surface area contributed by atoms with Crippen molar-refractivity contribution in [2.45, 2.75) is 39.5 Å². The van der Waals surface area contributed by atoms with Gasteiger partial charge in [-0.1, -0.05) is 36.4 Å². The molecule has 7 heteroatoms. The van der Waals surface area contributed by atoms with Gasteiger partial charge in [-0.05, 0) is 53.9 Å². The summed E-state index contributed by atoms with van der Waals surface area (Å²) >= 11 is 3.23. The Hall–Kier alpha value is -2.15. The Morgan fingerprint density at radius 3 is 2.38 bits per heavy atom. The van der Waals surface area contributed by atoms with Crippen LogP contribution >= 0.6 is 15.9 Å². The van der Waals surface area contributed by atoms with Crippen LogP contribution in [0, 0.1) is 0 Å². The van der Waals surface area contributed by atoms with Crippen molar-refractivity contribution in [3.05, 3.63) is 52.5 Å². The monoisotopic (exact) mass is 427 g/mol. The molecule has 0 radical (unpaired) electrons. The van der Waals surface area contributed by atoms with E-state index in [1.807, 2.05) is 0 Å². The average Bonchev–Trinajstić information content (AvgIpc) is 2.53. The summed E-state index contributed by atoms with van der Waals surface area (Å²) in [7, 11) is 0. The number of hydrogen-bond acceptors (Lipinski definition) is 3. The van der Waals surface area contributed by atoms with Crippen molar-refractivity contribution in [2.75, 3.05) is 0 Å². The molecule has 0 aliphatic heterocycles. The number of carbonyl (C=O) groups excluding carboxylic acids is 1. The third-order valence-electron chi connectivity index (χ3n) is 3.27. The van der Waals surface area contributed by atoms with E-state index in [4.69, 9.17) is 4.74 Å². The minimum absolute atomic E-state index is 0.0853. The molecule has 2 rings (SSSR count). The summed E-state index contributed by atoms with van der Waals surface area (Å²) in [5.74, 6) is 0.0853. The molecule has 0 unspecified atom stereocenters. The van der Waals surface area contributed by atoms with E-state index in [-0.39, 0.29) is 5.75 Å². The predicted molar refractivity (Wildman–Crippen MR) is 99.3 cm³/mol. The van der Waals surface area contributed by atoms with E-state index in [2.05, 4.69) is 26.0 Å². The largest absolute Gasteiger partial charge is 0.444 e.